The number of methoxy groups -OCH3 is 1. The zero-order chi connectivity index (χ0) is 27.8. The van der Waals surface area contributed by atoms with E-state index in [0.717, 1.165) is 18.8 Å². The quantitative estimate of drug-likeness (QED) is 0.352. The minimum absolute atomic E-state index is 0.205. The molecule has 0 saturated carbocycles. The number of carbonyl (C=O) groups excluding carboxylic acids is 1. The number of hydrogen-bond donors (Lipinski definition) is 2. The average Bonchev–Trinajstić information content (AvgIpc) is 3.28. The lowest BCUT2D eigenvalue weighted by Crippen LogP contribution is -2.46. The molecule has 1 amide bonds. The van der Waals surface area contributed by atoms with E-state index in [2.05, 4.69) is 25.3 Å². The van der Waals surface area contributed by atoms with E-state index in [1.807, 2.05) is 0 Å². The fourth-order valence-corrected chi connectivity index (χ4v) is 4.96. The first-order valence-corrected chi connectivity index (χ1v) is 12.0. The molecule has 0 unspecified atom stereocenters. The summed E-state index contributed by atoms with van der Waals surface area (Å²) in [5.74, 6) is -2.32. The molecule has 2 aliphatic rings. The molecule has 0 aromatic carbocycles. The Morgan fingerprint density at radius 1 is 1.32 bits per heavy atom. The normalized spacial score (nSPS) is 20.8. The Bertz CT molecular complexity index is 1310. The molecular weight excluding hydrogens is 506 g/mol. The number of alkyl halides is 3. The van der Waals surface area contributed by atoms with Gasteiger partial charge in [0, 0.05) is 37.3 Å². The third kappa shape index (κ3) is 5.27. The van der Waals surface area contributed by atoms with E-state index < -0.39 is 29.3 Å². The lowest BCUT2D eigenvalue weighted by molar-refractivity contribution is -0.131. The van der Waals surface area contributed by atoms with Gasteiger partial charge in [0.2, 0.25) is 17.6 Å². The summed E-state index contributed by atoms with van der Waals surface area (Å²) in [7, 11) is 2.42. The highest BCUT2D eigenvalue weighted by Crippen LogP contribution is 2.38. The molecule has 38 heavy (non-hydrogen) atoms. The molecule has 2 aromatic rings. The van der Waals surface area contributed by atoms with Crippen LogP contribution in [0.5, 0.6) is 5.88 Å². The summed E-state index contributed by atoms with van der Waals surface area (Å²) >= 11 is 0. The number of nitrogens with zero attached hydrogens (tertiary/aromatic N) is 5. The zero-order valence-corrected chi connectivity index (χ0v) is 21.5. The number of hydrogen-bond acceptors (Lipinski definition) is 6. The van der Waals surface area contributed by atoms with Gasteiger partial charge in [-0.15, -0.1) is 0 Å². The molecule has 204 valence electrons. The van der Waals surface area contributed by atoms with Crippen molar-refractivity contribution in [3.8, 4) is 5.88 Å². The first-order chi connectivity index (χ1) is 17.9. The number of halogens is 4. The second-order valence-corrected chi connectivity index (χ2v) is 9.56. The van der Waals surface area contributed by atoms with E-state index in [9.17, 15) is 22.4 Å². The highest BCUT2D eigenvalue weighted by Gasteiger charge is 2.43. The number of aromatic nitrogens is 2. The molecule has 2 atom stereocenters. The van der Waals surface area contributed by atoms with Crippen molar-refractivity contribution in [1.29, 1.82) is 0 Å². The van der Waals surface area contributed by atoms with Gasteiger partial charge in [-0.2, -0.15) is 13.2 Å². The molecule has 9 nitrogen and oxygen atoms in total. The topological polar surface area (TPSA) is 118 Å². The van der Waals surface area contributed by atoms with E-state index in [1.54, 1.807) is 24.8 Å². The zero-order valence-electron chi connectivity index (χ0n) is 21.5. The van der Waals surface area contributed by atoms with Crippen molar-refractivity contribution < 1.29 is 27.1 Å². The smallest absolute Gasteiger partial charge is 0.451 e. The highest BCUT2D eigenvalue weighted by molar-refractivity contribution is 6.07. The predicted octanol–water partition coefficient (Wildman–Crippen LogP) is 3.36. The van der Waals surface area contributed by atoms with Crippen LogP contribution in [0.4, 0.5) is 23.4 Å². The summed E-state index contributed by atoms with van der Waals surface area (Å²) in [5, 5.41) is 3.46. The first kappa shape index (κ1) is 27.3. The number of pyridine rings is 2. The van der Waals surface area contributed by atoms with Crippen LogP contribution in [0.15, 0.2) is 28.3 Å². The molecule has 4 rings (SSSR count). The SMILES string of the molecule is CN=C(N=C(N)c1cc2c(nc1C)N[C@]1(CC2)CCN(C(=O)[C@H](C)c2cc(OC)ncc2F)C1)C(F)(F)F. The molecule has 0 radical (unpaired) electrons. The molecule has 0 bridgehead atoms. The fourth-order valence-electron chi connectivity index (χ4n) is 4.96. The minimum Gasteiger partial charge on any atom is -0.481 e. The Balaban J connectivity index is 1.51. The number of fused-ring (bicyclic) bond motifs is 1. The van der Waals surface area contributed by atoms with E-state index in [-0.39, 0.29) is 23.2 Å². The van der Waals surface area contributed by atoms with Gasteiger partial charge in [-0.3, -0.25) is 9.79 Å². The van der Waals surface area contributed by atoms with Gasteiger partial charge >= 0.3 is 6.18 Å². The van der Waals surface area contributed by atoms with Gasteiger partial charge in [0.05, 0.1) is 30.5 Å². The maximum absolute atomic E-state index is 14.4. The lowest BCUT2D eigenvalue weighted by Gasteiger charge is -2.36. The number of carbonyl (C=O) groups is 1. The van der Waals surface area contributed by atoms with Gasteiger partial charge < -0.3 is 20.7 Å². The van der Waals surface area contributed by atoms with Crippen LogP contribution < -0.4 is 15.8 Å². The molecule has 1 fully saturated rings. The number of nitrogens with one attached hydrogen (secondary N) is 1. The summed E-state index contributed by atoms with van der Waals surface area (Å²) in [4.78, 5) is 30.0. The molecule has 13 heteroatoms. The number of anilines is 1. The Labute approximate surface area is 217 Å². The first-order valence-electron chi connectivity index (χ1n) is 12.0. The molecule has 4 heterocycles. The molecule has 2 aliphatic heterocycles. The number of rotatable bonds is 4. The van der Waals surface area contributed by atoms with Gasteiger partial charge in [-0.25, -0.2) is 19.4 Å². The van der Waals surface area contributed by atoms with Crippen molar-refractivity contribution in [2.45, 2.75) is 50.7 Å². The van der Waals surface area contributed by atoms with Crippen molar-refractivity contribution in [2.75, 3.05) is 32.6 Å². The van der Waals surface area contributed by atoms with E-state index in [1.165, 1.54) is 13.2 Å². The van der Waals surface area contributed by atoms with Crippen LogP contribution in [0.1, 0.15) is 48.1 Å². The molecule has 1 saturated heterocycles. The molecule has 0 aliphatic carbocycles. The van der Waals surface area contributed by atoms with Crippen LogP contribution >= 0.6 is 0 Å². The number of aliphatic imine (C=N–C) groups is 2. The summed E-state index contributed by atoms with van der Waals surface area (Å²) in [6, 6.07) is 3.13. The van der Waals surface area contributed by atoms with Crippen LogP contribution in [0.2, 0.25) is 0 Å². The summed E-state index contributed by atoms with van der Waals surface area (Å²) in [5.41, 5.74) is 7.21. The van der Waals surface area contributed by atoms with E-state index >= 15 is 0 Å². The van der Waals surface area contributed by atoms with Crippen molar-refractivity contribution in [1.82, 2.24) is 14.9 Å². The molecule has 1 spiro atoms. The van der Waals surface area contributed by atoms with Crippen LogP contribution in [-0.2, 0) is 11.2 Å². The third-order valence-corrected chi connectivity index (χ3v) is 7.09. The van der Waals surface area contributed by atoms with Gasteiger partial charge in [-0.1, -0.05) is 0 Å². The largest absolute Gasteiger partial charge is 0.481 e. The summed E-state index contributed by atoms with van der Waals surface area (Å²) in [6.45, 7) is 4.19. The van der Waals surface area contributed by atoms with Gasteiger partial charge in [-0.05, 0) is 44.7 Å². The number of ether oxygens (including phenoxy) is 1. The Morgan fingerprint density at radius 3 is 2.71 bits per heavy atom. The van der Waals surface area contributed by atoms with Gasteiger partial charge in [0.25, 0.3) is 0 Å². The van der Waals surface area contributed by atoms with Crippen LogP contribution in [0.25, 0.3) is 0 Å². The number of aryl methyl sites for hydroxylation is 2. The second-order valence-electron chi connectivity index (χ2n) is 9.56. The Kier molecular flexibility index (Phi) is 7.31. The van der Waals surface area contributed by atoms with Crippen molar-refractivity contribution in [3.63, 3.8) is 0 Å². The maximum atomic E-state index is 14.4. The van der Waals surface area contributed by atoms with Crippen molar-refractivity contribution in [2.24, 2.45) is 15.7 Å². The monoisotopic (exact) mass is 535 g/mol. The molecular formula is C25H29F4N7O2. The fraction of sp³-hybridized carbons (Fsp3) is 0.480. The van der Waals surface area contributed by atoms with E-state index in [4.69, 9.17) is 10.5 Å². The standard InChI is InChI=1S/C25H29F4N7O2/c1-13(16-10-19(38-4)32-11-18(16)26)22(37)36-8-7-24(12-36)6-5-15-9-17(14(2)33-21(15)35-24)20(30)34-23(31-3)25(27,28)29/h9-11,13H,5-8,12H2,1-4H3,(H,33,35)(H2,30,31,34)/t13-,24-/m1/s1. The van der Waals surface area contributed by atoms with Crippen LogP contribution in [0, 0.1) is 12.7 Å². The molecule has 2 aromatic heterocycles. The maximum Gasteiger partial charge on any atom is 0.451 e. The number of likely N-dealkylation sites (tertiary alicyclic amines) is 1. The van der Waals surface area contributed by atoms with Gasteiger partial charge in [0.1, 0.15) is 17.5 Å². The van der Waals surface area contributed by atoms with E-state index in [0.29, 0.717) is 49.4 Å². The molecule has 3 N–H and O–H groups in total. The number of amides is 1. The lowest BCUT2D eigenvalue weighted by atomic mass is 9.86. The Morgan fingerprint density at radius 2 is 2.05 bits per heavy atom. The van der Waals surface area contributed by atoms with Crippen molar-refractivity contribution in [3.05, 3.63) is 46.5 Å². The predicted molar refractivity (Wildman–Crippen MR) is 134 cm³/mol. The summed E-state index contributed by atoms with van der Waals surface area (Å²) in [6.07, 6.45) is -1.76. The minimum atomic E-state index is -4.72. The van der Waals surface area contributed by atoms with Crippen LogP contribution in [0.3, 0.4) is 0 Å². The number of nitrogens with two attached hydrogens (primary N) is 1. The third-order valence-electron chi connectivity index (χ3n) is 7.09. The van der Waals surface area contributed by atoms with Crippen molar-refractivity contribution >= 4 is 23.4 Å². The van der Waals surface area contributed by atoms with Gasteiger partial charge in [0.15, 0.2) is 0 Å². The highest BCUT2D eigenvalue weighted by atomic mass is 19.4. The van der Waals surface area contributed by atoms with Crippen LogP contribution in [-0.4, -0.2) is 71.4 Å². The second kappa shape index (κ2) is 10.2. The average molecular weight is 536 g/mol. The number of amidine groups is 2. The Hall–Kier alpha value is -3.77. The summed E-state index contributed by atoms with van der Waals surface area (Å²) < 4.78 is 58.6.